The Kier molecular flexibility index (Phi) is 3.42. The molecule has 24 heavy (non-hydrogen) atoms. The van der Waals surface area contributed by atoms with E-state index < -0.39 is 0 Å². The van der Waals surface area contributed by atoms with Crippen LogP contribution in [0.15, 0.2) is 47.9 Å². The molecule has 3 aromatic rings. The summed E-state index contributed by atoms with van der Waals surface area (Å²) >= 11 is 0. The Bertz CT molecular complexity index is 1040. The van der Waals surface area contributed by atoms with Crippen LogP contribution in [0.25, 0.3) is 16.5 Å². The first kappa shape index (κ1) is 14.9. The highest BCUT2D eigenvalue weighted by atomic mass is 16.1. The van der Waals surface area contributed by atoms with E-state index in [1.54, 1.807) is 0 Å². The SMILES string of the molecule is C=C(c1ccc(C)c(C)c1)c1c[nH]c2cc3c(cc2c1=O)CCC3. The Morgan fingerprint density at radius 2 is 1.79 bits per heavy atom. The summed E-state index contributed by atoms with van der Waals surface area (Å²) in [5.74, 6) is 0. The summed E-state index contributed by atoms with van der Waals surface area (Å²) in [5.41, 5.74) is 8.59. The van der Waals surface area contributed by atoms with Crippen LogP contribution in [0.1, 0.15) is 39.8 Å². The maximum Gasteiger partial charge on any atom is 0.197 e. The lowest BCUT2D eigenvalue weighted by Gasteiger charge is -2.10. The van der Waals surface area contributed by atoms with E-state index in [-0.39, 0.29) is 5.43 Å². The van der Waals surface area contributed by atoms with Gasteiger partial charge in [0.2, 0.25) is 0 Å². The highest BCUT2D eigenvalue weighted by Crippen LogP contribution is 2.27. The minimum Gasteiger partial charge on any atom is -0.360 e. The lowest BCUT2D eigenvalue weighted by atomic mass is 9.95. The van der Waals surface area contributed by atoms with Crippen molar-refractivity contribution in [2.45, 2.75) is 33.1 Å². The number of aromatic amines is 1. The fourth-order valence-corrected chi connectivity index (χ4v) is 3.60. The van der Waals surface area contributed by atoms with Gasteiger partial charge in [-0.1, -0.05) is 24.8 Å². The van der Waals surface area contributed by atoms with Crippen molar-refractivity contribution in [2.75, 3.05) is 0 Å². The van der Waals surface area contributed by atoms with Gasteiger partial charge in [-0.25, -0.2) is 0 Å². The molecule has 4 rings (SSSR count). The number of hydrogen-bond acceptors (Lipinski definition) is 1. The minimum absolute atomic E-state index is 0.0710. The number of aryl methyl sites for hydroxylation is 4. The van der Waals surface area contributed by atoms with E-state index in [1.165, 1.54) is 28.7 Å². The number of hydrogen-bond donors (Lipinski definition) is 1. The monoisotopic (exact) mass is 315 g/mol. The molecule has 0 unspecified atom stereocenters. The smallest absolute Gasteiger partial charge is 0.197 e. The second kappa shape index (κ2) is 5.48. The average molecular weight is 315 g/mol. The standard InChI is InChI=1S/C22H21NO/c1-13-7-8-16(9-14(13)2)15(3)20-12-23-21-11-18-6-4-5-17(18)10-19(21)22(20)24/h7-12H,3-6H2,1-2H3,(H,23,24). The van der Waals surface area contributed by atoms with E-state index in [2.05, 4.69) is 49.7 Å². The lowest BCUT2D eigenvalue weighted by molar-refractivity contribution is 0.912. The Balaban J connectivity index is 1.86. The zero-order valence-corrected chi connectivity index (χ0v) is 14.2. The summed E-state index contributed by atoms with van der Waals surface area (Å²) in [6.07, 6.45) is 5.18. The zero-order valence-electron chi connectivity index (χ0n) is 14.2. The van der Waals surface area contributed by atoms with Gasteiger partial charge in [-0.15, -0.1) is 0 Å². The predicted molar refractivity (Wildman–Crippen MR) is 101 cm³/mol. The Morgan fingerprint density at radius 3 is 2.54 bits per heavy atom. The normalized spacial score (nSPS) is 13.2. The summed E-state index contributed by atoms with van der Waals surface area (Å²) in [6, 6.07) is 10.4. The molecule has 0 saturated carbocycles. The third kappa shape index (κ3) is 2.30. The van der Waals surface area contributed by atoms with Gasteiger partial charge in [0.15, 0.2) is 5.43 Å². The van der Waals surface area contributed by atoms with Gasteiger partial charge in [0, 0.05) is 22.7 Å². The lowest BCUT2D eigenvalue weighted by Crippen LogP contribution is -2.10. The van der Waals surface area contributed by atoms with Gasteiger partial charge in [-0.2, -0.15) is 0 Å². The molecule has 0 aliphatic heterocycles. The van der Waals surface area contributed by atoms with Crippen LogP contribution in [0.2, 0.25) is 0 Å². The van der Waals surface area contributed by atoms with Crippen LogP contribution in [0.4, 0.5) is 0 Å². The first-order chi connectivity index (χ1) is 11.5. The quantitative estimate of drug-likeness (QED) is 0.731. The Morgan fingerprint density at radius 1 is 1.04 bits per heavy atom. The topological polar surface area (TPSA) is 32.9 Å². The molecule has 0 amide bonds. The molecule has 0 bridgehead atoms. The average Bonchev–Trinajstić information content (AvgIpc) is 3.03. The maximum atomic E-state index is 13.0. The molecule has 0 fully saturated rings. The molecule has 1 aliphatic carbocycles. The molecular formula is C22H21NO. The molecule has 1 aromatic heterocycles. The second-order valence-electron chi connectivity index (χ2n) is 6.83. The van der Waals surface area contributed by atoms with Crippen LogP contribution >= 0.6 is 0 Å². The highest BCUT2D eigenvalue weighted by Gasteiger charge is 2.15. The molecule has 2 aromatic carbocycles. The van der Waals surface area contributed by atoms with Crippen molar-refractivity contribution in [1.82, 2.24) is 4.98 Å². The third-order valence-corrected chi connectivity index (χ3v) is 5.27. The predicted octanol–water partition coefficient (Wildman–Crippen LogP) is 4.70. The van der Waals surface area contributed by atoms with Crippen LogP contribution in [0.5, 0.6) is 0 Å². The van der Waals surface area contributed by atoms with E-state index in [0.29, 0.717) is 5.56 Å². The number of aromatic nitrogens is 1. The molecular weight excluding hydrogens is 294 g/mol. The van der Waals surface area contributed by atoms with Crippen molar-refractivity contribution >= 4 is 16.5 Å². The number of nitrogens with one attached hydrogen (secondary N) is 1. The van der Waals surface area contributed by atoms with Crippen molar-refractivity contribution in [3.63, 3.8) is 0 Å². The molecule has 1 aliphatic rings. The Labute approximate surface area is 141 Å². The van der Waals surface area contributed by atoms with Gasteiger partial charge < -0.3 is 4.98 Å². The maximum absolute atomic E-state index is 13.0. The number of benzene rings is 2. The van der Waals surface area contributed by atoms with Crippen LogP contribution < -0.4 is 5.43 Å². The molecule has 0 saturated heterocycles. The van der Waals surface area contributed by atoms with Crippen molar-refractivity contribution in [2.24, 2.45) is 0 Å². The summed E-state index contributed by atoms with van der Waals surface area (Å²) in [5, 5.41) is 0.776. The van der Waals surface area contributed by atoms with E-state index in [4.69, 9.17) is 0 Å². The van der Waals surface area contributed by atoms with E-state index in [1.807, 2.05) is 12.3 Å². The fourth-order valence-electron chi connectivity index (χ4n) is 3.60. The van der Waals surface area contributed by atoms with Gasteiger partial charge in [0.05, 0.1) is 0 Å². The first-order valence-corrected chi connectivity index (χ1v) is 8.48. The van der Waals surface area contributed by atoms with E-state index in [9.17, 15) is 4.79 Å². The molecule has 2 nitrogen and oxygen atoms in total. The molecule has 0 radical (unpaired) electrons. The van der Waals surface area contributed by atoms with Crippen LogP contribution in [-0.4, -0.2) is 4.98 Å². The summed E-state index contributed by atoms with van der Waals surface area (Å²) < 4.78 is 0. The van der Waals surface area contributed by atoms with Gasteiger partial charge >= 0.3 is 0 Å². The van der Waals surface area contributed by atoms with Gasteiger partial charge in [0.1, 0.15) is 0 Å². The summed E-state index contributed by atoms with van der Waals surface area (Å²) in [6.45, 7) is 8.36. The van der Waals surface area contributed by atoms with Gasteiger partial charge in [-0.3, -0.25) is 4.79 Å². The summed E-state index contributed by atoms with van der Waals surface area (Å²) in [7, 11) is 0. The van der Waals surface area contributed by atoms with Crippen molar-refractivity contribution in [3.05, 3.63) is 86.7 Å². The number of H-pyrrole nitrogens is 1. The second-order valence-corrected chi connectivity index (χ2v) is 6.83. The molecule has 120 valence electrons. The van der Waals surface area contributed by atoms with E-state index >= 15 is 0 Å². The Hall–Kier alpha value is -2.61. The summed E-state index contributed by atoms with van der Waals surface area (Å²) in [4.78, 5) is 16.3. The third-order valence-electron chi connectivity index (χ3n) is 5.27. The molecule has 0 atom stereocenters. The van der Waals surface area contributed by atoms with Crippen LogP contribution in [0, 0.1) is 13.8 Å². The largest absolute Gasteiger partial charge is 0.360 e. The number of fused-ring (bicyclic) bond motifs is 2. The van der Waals surface area contributed by atoms with Crippen LogP contribution in [-0.2, 0) is 12.8 Å². The molecule has 1 heterocycles. The zero-order chi connectivity index (χ0) is 16.8. The molecule has 0 spiro atoms. The van der Waals surface area contributed by atoms with Crippen LogP contribution in [0.3, 0.4) is 0 Å². The number of rotatable bonds is 2. The van der Waals surface area contributed by atoms with E-state index in [0.717, 1.165) is 34.9 Å². The van der Waals surface area contributed by atoms with Gasteiger partial charge in [-0.05, 0) is 78.6 Å². The van der Waals surface area contributed by atoms with Crippen molar-refractivity contribution in [1.29, 1.82) is 0 Å². The fraction of sp³-hybridized carbons (Fsp3) is 0.227. The van der Waals surface area contributed by atoms with Crippen molar-refractivity contribution < 1.29 is 0 Å². The molecule has 2 heteroatoms. The first-order valence-electron chi connectivity index (χ1n) is 8.48. The minimum atomic E-state index is 0.0710. The van der Waals surface area contributed by atoms with Crippen molar-refractivity contribution in [3.8, 4) is 0 Å². The molecule has 1 N–H and O–H groups in total. The van der Waals surface area contributed by atoms with Gasteiger partial charge in [0.25, 0.3) is 0 Å². The highest BCUT2D eigenvalue weighted by molar-refractivity contribution is 5.87. The number of pyridine rings is 1.